The van der Waals surface area contributed by atoms with Crippen LogP contribution in [0.1, 0.15) is 5.69 Å². The highest BCUT2D eigenvalue weighted by atomic mass is 16.5. The fourth-order valence-corrected chi connectivity index (χ4v) is 1.44. The van der Waals surface area contributed by atoms with Gasteiger partial charge in [-0.15, -0.1) is 0 Å². The molecule has 5 nitrogen and oxygen atoms in total. The number of anilines is 2. The summed E-state index contributed by atoms with van der Waals surface area (Å²) in [6, 6.07) is 7.38. The largest absolute Gasteiger partial charge is 0.497 e. The van der Waals surface area contributed by atoms with Gasteiger partial charge in [0.2, 0.25) is 0 Å². The summed E-state index contributed by atoms with van der Waals surface area (Å²) in [7, 11) is 1.61. The van der Waals surface area contributed by atoms with Gasteiger partial charge in [0, 0.05) is 12.3 Å². The van der Waals surface area contributed by atoms with Gasteiger partial charge in [-0.1, -0.05) is 0 Å². The van der Waals surface area contributed by atoms with Gasteiger partial charge in [0.15, 0.2) is 0 Å². The summed E-state index contributed by atoms with van der Waals surface area (Å²) in [5, 5.41) is 3.21. The van der Waals surface area contributed by atoms with Gasteiger partial charge in [0.25, 0.3) is 0 Å². The average Bonchev–Trinajstić information content (AvgIpc) is 2.38. The van der Waals surface area contributed by atoms with E-state index in [0.717, 1.165) is 17.1 Å². The van der Waals surface area contributed by atoms with E-state index in [1.807, 2.05) is 18.2 Å². The van der Waals surface area contributed by atoms with Crippen LogP contribution in [0.15, 0.2) is 36.8 Å². The van der Waals surface area contributed by atoms with Crippen molar-refractivity contribution in [1.29, 1.82) is 0 Å². The highest BCUT2D eigenvalue weighted by Crippen LogP contribution is 2.24. The number of hydrogen-bond donors (Lipinski definition) is 2. The molecule has 0 spiro atoms. The van der Waals surface area contributed by atoms with Gasteiger partial charge in [-0.2, -0.15) is 0 Å². The molecule has 5 heteroatoms. The van der Waals surface area contributed by atoms with Gasteiger partial charge in [-0.3, -0.25) is 0 Å². The van der Waals surface area contributed by atoms with Crippen molar-refractivity contribution in [1.82, 2.24) is 9.97 Å². The number of rotatable bonds is 4. The summed E-state index contributed by atoms with van der Waals surface area (Å²) >= 11 is 0. The lowest BCUT2D eigenvalue weighted by molar-refractivity contribution is 0.415. The van der Waals surface area contributed by atoms with E-state index < -0.39 is 0 Å². The second-order valence-electron chi connectivity index (χ2n) is 3.51. The van der Waals surface area contributed by atoms with Crippen LogP contribution in [0.25, 0.3) is 0 Å². The van der Waals surface area contributed by atoms with Crippen LogP contribution in [0.5, 0.6) is 5.75 Å². The summed E-state index contributed by atoms with van der Waals surface area (Å²) in [4.78, 5) is 7.98. The molecule has 0 saturated carbocycles. The fourth-order valence-electron chi connectivity index (χ4n) is 1.44. The summed E-state index contributed by atoms with van der Waals surface area (Å²) in [5.41, 5.74) is 8.31. The molecule has 1 heterocycles. The van der Waals surface area contributed by atoms with E-state index >= 15 is 0 Å². The first-order valence-electron chi connectivity index (χ1n) is 5.22. The Morgan fingerprint density at radius 3 is 2.88 bits per heavy atom. The van der Waals surface area contributed by atoms with Crippen LogP contribution in [0.3, 0.4) is 0 Å². The smallest absolute Gasteiger partial charge is 0.121 e. The number of benzene rings is 1. The second kappa shape index (κ2) is 5.16. The molecule has 0 saturated heterocycles. The molecule has 0 bridgehead atoms. The molecule has 0 atom stereocenters. The summed E-state index contributed by atoms with van der Waals surface area (Å²) in [5.74, 6) is 0.745. The van der Waals surface area contributed by atoms with Gasteiger partial charge in [0.1, 0.15) is 12.1 Å². The van der Waals surface area contributed by atoms with E-state index in [9.17, 15) is 0 Å². The van der Waals surface area contributed by atoms with Crippen molar-refractivity contribution in [2.75, 3.05) is 18.2 Å². The van der Waals surface area contributed by atoms with Crippen molar-refractivity contribution >= 4 is 11.4 Å². The average molecular weight is 230 g/mol. The Morgan fingerprint density at radius 2 is 2.24 bits per heavy atom. The molecular weight excluding hydrogens is 216 g/mol. The summed E-state index contributed by atoms with van der Waals surface area (Å²) in [6.07, 6.45) is 3.23. The minimum Gasteiger partial charge on any atom is -0.497 e. The number of nitrogens with zero attached hydrogens (tertiary/aromatic N) is 2. The summed E-state index contributed by atoms with van der Waals surface area (Å²) < 4.78 is 5.08. The lowest BCUT2D eigenvalue weighted by Gasteiger charge is -2.10. The number of hydrogen-bond acceptors (Lipinski definition) is 5. The zero-order chi connectivity index (χ0) is 12.1. The Morgan fingerprint density at radius 1 is 1.35 bits per heavy atom. The number of methoxy groups -OCH3 is 1. The predicted molar refractivity (Wildman–Crippen MR) is 66.8 cm³/mol. The number of aromatic nitrogens is 2. The zero-order valence-corrected chi connectivity index (χ0v) is 9.55. The third-order valence-electron chi connectivity index (χ3n) is 2.36. The maximum Gasteiger partial charge on any atom is 0.121 e. The first-order chi connectivity index (χ1) is 8.29. The Hall–Kier alpha value is -2.30. The lowest BCUT2D eigenvalue weighted by atomic mass is 10.2. The number of nitrogen functional groups attached to an aromatic ring is 1. The Labute approximate surface area is 99.7 Å². The topological polar surface area (TPSA) is 73.1 Å². The molecule has 3 N–H and O–H groups in total. The molecule has 0 fully saturated rings. The minimum absolute atomic E-state index is 0.610. The van der Waals surface area contributed by atoms with E-state index in [0.29, 0.717) is 12.2 Å². The third kappa shape index (κ3) is 2.84. The SMILES string of the molecule is COc1ccc(NCc2ccncn2)c(N)c1. The standard InChI is InChI=1S/C12H14N4O/c1-17-10-2-3-12(11(13)6-10)15-7-9-4-5-14-8-16-9/h2-6,8,15H,7,13H2,1H3. The van der Waals surface area contributed by atoms with Gasteiger partial charge in [-0.25, -0.2) is 9.97 Å². The predicted octanol–water partition coefficient (Wildman–Crippen LogP) is 1.68. The van der Waals surface area contributed by atoms with E-state index in [-0.39, 0.29) is 0 Å². The highest BCUT2D eigenvalue weighted by molar-refractivity contribution is 5.68. The molecule has 0 aliphatic carbocycles. The maximum absolute atomic E-state index is 5.89. The number of ether oxygens (including phenoxy) is 1. The molecule has 2 aromatic rings. The molecule has 1 aromatic carbocycles. The quantitative estimate of drug-likeness (QED) is 0.782. The van der Waals surface area contributed by atoms with E-state index in [2.05, 4.69) is 15.3 Å². The molecule has 88 valence electrons. The van der Waals surface area contributed by atoms with Crippen molar-refractivity contribution in [3.05, 3.63) is 42.5 Å². The first kappa shape index (κ1) is 11.2. The van der Waals surface area contributed by atoms with E-state index in [4.69, 9.17) is 10.5 Å². The van der Waals surface area contributed by atoms with Crippen LogP contribution in [0.4, 0.5) is 11.4 Å². The lowest BCUT2D eigenvalue weighted by Crippen LogP contribution is -2.04. The molecular formula is C12H14N4O. The molecule has 0 aliphatic rings. The van der Waals surface area contributed by atoms with Crippen LogP contribution in [0, 0.1) is 0 Å². The van der Waals surface area contributed by atoms with E-state index in [1.54, 1.807) is 19.4 Å². The van der Waals surface area contributed by atoms with Gasteiger partial charge in [0.05, 0.1) is 30.7 Å². The van der Waals surface area contributed by atoms with Crippen LogP contribution in [-0.4, -0.2) is 17.1 Å². The van der Waals surface area contributed by atoms with Crippen LogP contribution in [0.2, 0.25) is 0 Å². The molecule has 0 aliphatic heterocycles. The van der Waals surface area contributed by atoms with Crippen LogP contribution in [-0.2, 0) is 6.54 Å². The second-order valence-corrected chi connectivity index (χ2v) is 3.51. The number of nitrogens with two attached hydrogens (primary N) is 1. The molecule has 0 unspecified atom stereocenters. The maximum atomic E-state index is 5.89. The Kier molecular flexibility index (Phi) is 3.40. The molecule has 0 radical (unpaired) electrons. The molecule has 0 amide bonds. The van der Waals surface area contributed by atoms with Gasteiger partial charge < -0.3 is 15.8 Å². The van der Waals surface area contributed by atoms with Crippen molar-refractivity contribution in [2.24, 2.45) is 0 Å². The van der Waals surface area contributed by atoms with Crippen molar-refractivity contribution < 1.29 is 4.74 Å². The zero-order valence-electron chi connectivity index (χ0n) is 9.55. The van der Waals surface area contributed by atoms with E-state index in [1.165, 1.54) is 6.33 Å². The minimum atomic E-state index is 0.610. The van der Waals surface area contributed by atoms with Crippen molar-refractivity contribution in [3.8, 4) is 5.75 Å². The Bertz CT molecular complexity index is 487. The monoisotopic (exact) mass is 230 g/mol. The highest BCUT2D eigenvalue weighted by Gasteiger charge is 2.01. The van der Waals surface area contributed by atoms with Crippen molar-refractivity contribution in [3.63, 3.8) is 0 Å². The van der Waals surface area contributed by atoms with Gasteiger partial charge >= 0.3 is 0 Å². The number of nitrogens with one attached hydrogen (secondary N) is 1. The normalized spacial score (nSPS) is 9.94. The Balaban J connectivity index is 2.04. The van der Waals surface area contributed by atoms with Crippen LogP contribution >= 0.6 is 0 Å². The molecule has 17 heavy (non-hydrogen) atoms. The fraction of sp³-hybridized carbons (Fsp3) is 0.167. The third-order valence-corrected chi connectivity index (χ3v) is 2.36. The molecule has 2 rings (SSSR count). The van der Waals surface area contributed by atoms with Crippen molar-refractivity contribution in [2.45, 2.75) is 6.54 Å². The summed E-state index contributed by atoms with van der Waals surface area (Å²) in [6.45, 7) is 0.610. The van der Waals surface area contributed by atoms with Gasteiger partial charge in [-0.05, 0) is 18.2 Å². The first-order valence-corrected chi connectivity index (χ1v) is 5.22. The van der Waals surface area contributed by atoms with Crippen LogP contribution < -0.4 is 15.8 Å². The molecule has 1 aromatic heterocycles.